The normalized spacial score (nSPS) is 9.47. The van der Waals surface area contributed by atoms with Gasteiger partial charge < -0.3 is 16.4 Å². The van der Waals surface area contributed by atoms with Crippen molar-refractivity contribution in [3.63, 3.8) is 0 Å². The van der Waals surface area contributed by atoms with E-state index < -0.39 is 0 Å². The Bertz CT molecular complexity index is 990. The molecule has 0 bridgehead atoms. The van der Waals surface area contributed by atoms with Gasteiger partial charge in [0.25, 0.3) is 11.8 Å². The van der Waals surface area contributed by atoms with Gasteiger partial charge in [-0.15, -0.1) is 40.5 Å². The van der Waals surface area contributed by atoms with Gasteiger partial charge in [0.15, 0.2) is 0 Å². The van der Waals surface area contributed by atoms with Gasteiger partial charge in [0, 0.05) is 0 Å². The van der Waals surface area contributed by atoms with Crippen LogP contribution in [0, 0.1) is 6.07 Å². The zero-order chi connectivity index (χ0) is 20.5. The molecule has 0 saturated heterocycles. The number of hydrogen-bond acceptors (Lipinski definition) is 4. The maximum Gasteiger partial charge on any atom is 1.00 e. The summed E-state index contributed by atoms with van der Waals surface area (Å²) in [5.41, 5.74) is 8.69. The minimum Gasteiger partial charge on any atom is -0.699 e. The molecule has 0 radical (unpaired) electrons. The first-order chi connectivity index (χ1) is 14.1. The van der Waals surface area contributed by atoms with Crippen LogP contribution in [0.4, 0.5) is 17.1 Å². The summed E-state index contributed by atoms with van der Waals surface area (Å²) in [6.07, 6.45) is 0. The number of thiophene rings is 2. The van der Waals surface area contributed by atoms with Gasteiger partial charge >= 0.3 is 18.9 Å². The quantitative estimate of drug-likeness (QED) is 0.387. The Morgan fingerprint density at radius 1 is 0.800 bits per heavy atom. The summed E-state index contributed by atoms with van der Waals surface area (Å²) in [6.45, 7) is 0. The zero-order valence-corrected chi connectivity index (χ0v) is 17.8. The molecule has 2 amide bonds. The molecule has 4 rings (SSSR count). The van der Waals surface area contributed by atoms with Gasteiger partial charge in [-0.3, -0.25) is 9.59 Å². The number of hydrogen-bond donors (Lipinski definition) is 2. The Labute approximate surface area is 195 Å². The molecule has 0 aliphatic carbocycles. The summed E-state index contributed by atoms with van der Waals surface area (Å²) in [4.78, 5) is 25.3. The van der Waals surface area contributed by atoms with Crippen LogP contribution in [0.1, 0.15) is 19.3 Å². The molecular formula is C22H17LiN3O2S2-. The van der Waals surface area contributed by atoms with Crippen molar-refractivity contribution in [3.8, 4) is 0 Å². The smallest absolute Gasteiger partial charge is 0.699 e. The third-order valence-electron chi connectivity index (χ3n) is 3.57. The molecule has 5 nitrogen and oxygen atoms in total. The van der Waals surface area contributed by atoms with Gasteiger partial charge in [-0.25, -0.2) is 0 Å². The number of carbonyl (C=O) groups excluding carboxylic acids is 2. The van der Waals surface area contributed by atoms with Gasteiger partial charge in [0.05, 0.1) is 9.75 Å². The van der Waals surface area contributed by atoms with Crippen LogP contribution >= 0.6 is 22.7 Å². The van der Waals surface area contributed by atoms with E-state index in [1.165, 1.54) is 22.7 Å². The van der Waals surface area contributed by atoms with Crippen molar-refractivity contribution in [1.82, 2.24) is 0 Å². The Morgan fingerprint density at radius 3 is 1.90 bits per heavy atom. The van der Waals surface area contributed by atoms with E-state index in [0.717, 1.165) is 0 Å². The standard InChI is InChI=1S/C16H11N2O2S2.C6H6N.Li/c19-15(13-6-2-8-21-13)17-11-4-1-5-12(10-11)18-16(20)14-7-3-9-22-14;7-6-4-2-1-3-5-6;/h1-4,6-10H,(H,17,19)(H,18,20);1-5,7H;/q2*-1;+1. The van der Waals surface area contributed by atoms with Crippen LogP contribution in [0.3, 0.4) is 0 Å². The fraction of sp³-hybridized carbons (Fsp3) is 0. The van der Waals surface area contributed by atoms with Crippen LogP contribution in [0.2, 0.25) is 0 Å². The first-order valence-corrected chi connectivity index (χ1v) is 10.4. The van der Waals surface area contributed by atoms with Crippen molar-refractivity contribution < 1.29 is 28.4 Å². The molecule has 0 spiro atoms. The average Bonchev–Trinajstić information content (AvgIpc) is 3.44. The molecule has 0 saturated carbocycles. The van der Waals surface area contributed by atoms with E-state index in [0.29, 0.717) is 26.8 Å². The van der Waals surface area contributed by atoms with Crippen molar-refractivity contribution in [2.75, 3.05) is 10.6 Å². The van der Waals surface area contributed by atoms with Crippen LogP contribution in [0.15, 0.2) is 83.6 Å². The van der Waals surface area contributed by atoms with Gasteiger partial charge in [0.1, 0.15) is 0 Å². The Balaban J connectivity index is 0.000000341. The second kappa shape index (κ2) is 12.0. The molecular weight excluding hydrogens is 409 g/mol. The SMILES string of the molecule is O=C(Nc1[c-]ccc(NC(=O)c2cccs2)c1)c1cccs1.[Li+].[NH-]c1ccccc1. The van der Waals surface area contributed by atoms with E-state index in [9.17, 15) is 9.59 Å². The van der Waals surface area contributed by atoms with E-state index in [1.54, 1.807) is 42.5 Å². The average molecular weight is 426 g/mol. The van der Waals surface area contributed by atoms with E-state index in [1.807, 2.05) is 41.1 Å². The molecule has 0 aliphatic rings. The molecule has 0 fully saturated rings. The van der Waals surface area contributed by atoms with Crippen molar-refractivity contribution >= 4 is 51.6 Å². The minimum atomic E-state index is -0.187. The number of carbonyl (C=O) groups is 2. The first kappa shape index (κ1) is 23.5. The summed E-state index contributed by atoms with van der Waals surface area (Å²) in [7, 11) is 0. The van der Waals surface area contributed by atoms with E-state index >= 15 is 0 Å². The second-order valence-corrected chi connectivity index (χ2v) is 7.62. The number of rotatable bonds is 4. The molecule has 2 aromatic heterocycles. The maximum absolute atomic E-state index is 12.0. The fourth-order valence-electron chi connectivity index (χ4n) is 2.25. The summed E-state index contributed by atoms with van der Waals surface area (Å²) >= 11 is 2.74. The van der Waals surface area contributed by atoms with Crippen molar-refractivity contribution in [2.45, 2.75) is 0 Å². The summed E-state index contributed by atoms with van der Waals surface area (Å²) in [5, 5.41) is 9.25. The molecule has 8 heteroatoms. The zero-order valence-electron chi connectivity index (χ0n) is 16.2. The molecule has 0 unspecified atom stereocenters. The van der Waals surface area contributed by atoms with Crippen LogP contribution in [-0.4, -0.2) is 11.8 Å². The van der Waals surface area contributed by atoms with Crippen LogP contribution in [-0.2, 0) is 0 Å². The van der Waals surface area contributed by atoms with Crippen molar-refractivity contribution in [3.05, 3.63) is 105 Å². The van der Waals surface area contributed by atoms with Gasteiger partial charge in [0.2, 0.25) is 0 Å². The molecule has 2 aromatic carbocycles. The topological polar surface area (TPSA) is 82.0 Å². The van der Waals surface area contributed by atoms with E-state index in [2.05, 4.69) is 16.7 Å². The number of anilines is 2. The Hall–Kier alpha value is -2.82. The molecule has 0 aliphatic heterocycles. The maximum atomic E-state index is 12.0. The number of amides is 2. The molecule has 4 aromatic rings. The molecule has 3 N–H and O–H groups in total. The van der Waals surface area contributed by atoms with Crippen molar-refractivity contribution in [2.24, 2.45) is 0 Å². The molecule has 146 valence electrons. The van der Waals surface area contributed by atoms with Crippen LogP contribution in [0.25, 0.3) is 5.73 Å². The van der Waals surface area contributed by atoms with E-state index in [4.69, 9.17) is 5.73 Å². The molecule has 30 heavy (non-hydrogen) atoms. The summed E-state index contributed by atoms with van der Waals surface area (Å²) in [5.74, 6) is -0.357. The predicted molar refractivity (Wildman–Crippen MR) is 120 cm³/mol. The van der Waals surface area contributed by atoms with Crippen LogP contribution < -0.4 is 29.5 Å². The fourth-order valence-corrected chi connectivity index (χ4v) is 3.48. The summed E-state index contributed by atoms with van der Waals surface area (Å²) < 4.78 is 0. The van der Waals surface area contributed by atoms with Gasteiger partial charge in [-0.2, -0.15) is 12.1 Å². The second-order valence-electron chi connectivity index (χ2n) is 5.72. The Morgan fingerprint density at radius 2 is 1.40 bits per heavy atom. The van der Waals surface area contributed by atoms with Crippen LogP contribution in [0.5, 0.6) is 0 Å². The van der Waals surface area contributed by atoms with E-state index in [-0.39, 0.29) is 30.7 Å². The van der Waals surface area contributed by atoms with Gasteiger partial charge in [-0.1, -0.05) is 53.8 Å². The van der Waals surface area contributed by atoms with Crippen molar-refractivity contribution in [1.29, 1.82) is 0 Å². The molecule has 2 heterocycles. The minimum absolute atomic E-state index is 0. The predicted octanol–water partition coefficient (Wildman–Crippen LogP) is 3.49. The Kier molecular flexibility index (Phi) is 9.39. The monoisotopic (exact) mass is 426 g/mol. The number of nitrogens with one attached hydrogen (secondary N) is 3. The largest absolute Gasteiger partial charge is 1.00 e. The third-order valence-corrected chi connectivity index (χ3v) is 5.31. The summed E-state index contributed by atoms with van der Waals surface area (Å²) in [6, 6.07) is 24.3. The first-order valence-electron chi connectivity index (χ1n) is 8.60. The van der Waals surface area contributed by atoms with Gasteiger partial charge in [-0.05, 0) is 22.9 Å². The third kappa shape index (κ3) is 7.21. The molecule has 0 atom stereocenters. The number of benzene rings is 2.